The lowest BCUT2D eigenvalue weighted by Gasteiger charge is -2.41. The fourth-order valence-corrected chi connectivity index (χ4v) is 13.1. The zero-order chi connectivity index (χ0) is 72.7. The molecule has 5 N–H and O–H groups in total. The maximum atomic E-state index is 15.4. The number of thioether (sulfide) groups is 1. The van der Waals surface area contributed by atoms with Crippen molar-refractivity contribution in [1.82, 2.24) is 60.5 Å². The summed E-state index contributed by atoms with van der Waals surface area (Å²) in [6, 6.07) is -13.7. The number of aliphatic hydroxyl groups excluding tert-OH is 1. The highest BCUT2D eigenvalue weighted by molar-refractivity contribution is 7.99. The number of aliphatic hydroxyl groups is 1. The molecule has 0 unspecified atom stereocenters. The van der Waals surface area contributed by atoms with E-state index in [0.717, 1.165) is 18.0 Å². The van der Waals surface area contributed by atoms with Crippen LogP contribution in [0.5, 0.6) is 0 Å². The lowest BCUT2D eigenvalue weighted by Crippen LogP contribution is -2.64. The van der Waals surface area contributed by atoms with Gasteiger partial charge in [-0.3, -0.25) is 52.7 Å². The van der Waals surface area contributed by atoms with E-state index >= 15 is 28.8 Å². The highest BCUT2D eigenvalue weighted by Crippen LogP contribution is 2.26. The number of carbonyl (C=O) groups excluding carboxylic acids is 11. The van der Waals surface area contributed by atoms with Crippen LogP contribution in [-0.2, 0) is 52.7 Å². The van der Waals surface area contributed by atoms with Crippen LogP contribution in [0.1, 0.15) is 170 Å². The molecule has 0 aromatic carbocycles. The molecule has 11 amide bonds. The molecule has 1 heterocycles. The molecule has 0 saturated carbocycles. The molecule has 540 valence electrons. The van der Waals surface area contributed by atoms with E-state index in [4.69, 9.17) is 0 Å². The Labute approximate surface area is 569 Å². The number of rotatable bonds is 22. The highest BCUT2D eigenvalue weighted by atomic mass is 32.2. The Morgan fingerprint density at radius 2 is 0.862 bits per heavy atom. The van der Waals surface area contributed by atoms with Crippen molar-refractivity contribution in [2.24, 2.45) is 41.4 Å². The van der Waals surface area contributed by atoms with Gasteiger partial charge in [-0.15, -0.1) is 0 Å². The Bertz CT molecular complexity index is 2530. The van der Waals surface area contributed by atoms with Gasteiger partial charge in [0.1, 0.15) is 66.5 Å². The number of nitrogens with one attached hydrogen (secondary N) is 4. The second kappa shape index (κ2) is 40.7. The van der Waals surface area contributed by atoms with Gasteiger partial charge in [-0.05, 0) is 114 Å². The lowest BCUT2D eigenvalue weighted by atomic mass is 9.91. The van der Waals surface area contributed by atoms with Crippen LogP contribution in [0.3, 0.4) is 0 Å². The van der Waals surface area contributed by atoms with Gasteiger partial charge < -0.3 is 65.6 Å². The van der Waals surface area contributed by atoms with Gasteiger partial charge in [0, 0.05) is 67.4 Å². The molecule has 13 atom stereocenters. The van der Waals surface area contributed by atoms with Gasteiger partial charge in [0.05, 0.1) is 6.10 Å². The number of likely N-dealkylation sites (N-methyl/N-ethyl adjacent to an activating group) is 7. The van der Waals surface area contributed by atoms with Crippen LogP contribution >= 0.6 is 11.8 Å². The predicted octanol–water partition coefficient (Wildman–Crippen LogP) is 4.71. The van der Waals surface area contributed by atoms with Gasteiger partial charge in [-0.2, -0.15) is 11.8 Å². The molecule has 0 aliphatic carbocycles. The Kier molecular flexibility index (Phi) is 37.3. The zero-order valence-electron chi connectivity index (χ0n) is 62.3. The molecule has 0 aromatic heterocycles. The first kappa shape index (κ1) is 86.2. The second-order valence-electron chi connectivity index (χ2n) is 28.4. The Morgan fingerprint density at radius 3 is 1.31 bits per heavy atom. The third-order valence-corrected chi connectivity index (χ3v) is 19.1. The molecule has 1 saturated heterocycles. The first-order valence-corrected chi connectivity index (χ1v) is 35.4. The van der Waals surface area contributed by atoms with E-state index < -0.39 is 155 Å². The molecule has 1 fully saturated rings. The summed E-state index contributed by atoms with van der Waals surface area (Å²) in [7, 11) is 10.1. The molecule has 0 aromatic rings. The Hall–Kier alpha value is -5.82. The summed E-state index contributed by atoms with van der Waals surface area (Å²) in [4.78, 5) is 175. The van der Waals surface area contributed by atoms with Crippen molar-refractivity contribution in [2.75, 3.05) is 80.5 Å². The van der Waals surface area contributed by atoms with Crippen LogP contribution in [0.25, 0.3) is 0 Å². The van der Waals surface area contributed by atoms with E-state index in [2.05, 4.69) is 26.2 Å². The summed E-state index contributed by atoms with van der Waals surface area (Å²) in [5.74, 6) is -9.04. The third kappa shape index (κ3) is 24.7. The fourth-order valence-electron chi connectivity index (χ4n) is 11.9. The van der Waals surface area contributed by atoms with Crippen LogP contribution < -0.4 is 21.3 Å². The van der Waals surface area contributed by atoms with Crippen molar-refractivity contribution < 1.29 is 57.8 Å². The topological polar surface area (TPSA) is 282 Å². The van der Waals surface area contributed by atoms with E-state index in [-0.39, 0.29) is 61.5 Å². The molecule has 24 nitrogen and oxygen atoms in total. The predicted molar refractivity (Wildman–Crippen MR) is 372 cm³/mol. The normalized spacial score (nSPS) is 26.3. The second-order valence-corrected chi connectivity index (χ2v) is 29.6. The number of carbonyl (C=O) groups is 11. The molecule has 0 bridgehead atoms. The summed E-state index contributed by atoms with van der Waals surface area (Å²) in [6.45, 7) is 36.5. The minimum atomic E-state index is -1.63. The van der Waals surface area contributed by atoms with Gasteiger partial charge >= 0.3 is 0 Å². The smallest absolute Gasteiger partial charge is 0.246 e. The first-order chi connectivity index (χ1) is 43.6. The summed E-state index contributed by atoms with van der Waals surface area (Å²) in [6.07, 6.45) is 3.01. The monoisotopic (exact) mass is 1350 g/mol. The van der Waals surface area contributed by atoms with Gasteiger partial charge in [-0.1, -0.05) is 123 Å². The van der Waals surface area contributed by atoms with Crippen molar-refractivity contribution in [3.8, 4) is 0 Å². The van der Waals surface area contributed by atoms with Crippen LogP contribution in [0, 0.1) is 41.4 Å². The van der Waals surface area contributed by atoms with Crippen molar-refractivity contribution in [1.29, 1.82) is 0 Å². The molecular formula is C69H126N12O12S. The van der Waals surface area contributed by atoms with E-state index in [1.54, 1.807) is 47.6 Å². The summed E-state index contributed by atoms with van der Waals surface area (Å²) in [5, 5.41) is 23.5. The molecule has 0 spiro atoms. The number of hydrogen-bond donors (Lipinski definition) is 5. The van der Waals surface area contributed by atoms with Gasteiger partial charge in [0.15, 0.2) is 0 Å². The molecule has 94 heavy (non-hydrogen) atoms. The SMILES string of the molecule is C/C=C/C[C@@H](C)[C@@H](O)[C@@H]1C(=O)N[C@H](CC)C(=O)N(C)[C@H](CSCCN(CC)CC)C(=O)N(C)[C@@H](CC(C)C)C(=O)N[C@H](C(C)C)C(=O)N(C)[C@H](CC(C)C)C(=O)N[C@H](C)C(=O)N[C@@H](C)C(=O)N(C)[C@H](CC(C)C)C(=O)N(C)[C@H](CC(C)C)C(=O)N(C)[C@H](C(C)C)C(=O)N1C. The quantitative estimate of drug-likeness (QED) is 0.0726. The Balaban J connectivity index is 4.55. The number of allylic oxidation sites excluding steroid dienone is 2. The molecule has 1 aliphatic heterocycles. The van der Waals surface area contributed by atoms with Gasteiger partial charge in [0.25, 0.3) is 0 Å². The largest absolute Gasteiger partial charge is 0.390 e. The minimum Gasteiger partial charge on any atom is -0.390 e. The third-order valence-electron chi connectivity index (χ3n) is 18.1. The molecule has 1 rings (SSSR count). The van der Waals surface area contributed by atoms with Crippen molar-refractivity contribution in [3.05, 3.63) is 12.2 Å². The van der Waals surface area contributed by atoms with E-state index in [9.17, 15) is 29.1 Å². The van der Waals surface area contributed by atoms with E-state index in [0.29, 0.717) is 18.7 Å². The maximum absolute atomic E-state index is 15.4. The molecule has 0 radical (unpaired) electrons. The van der Waals surface area contributed by atoms with Crippen LogP contribution in [-0.4, -0.2) is 262 Å². The molecular weight excluding hydrogens is 1220 g/mol. The summed E-state index contributed by atoms with van der Waals surface area (Å²) in [5.41, 5.74) is 0. The van der Waals surface area contributed by atoms with E-state index in [1.165, 1.54) is 104 Å². The van der Waals surface area contributed by atoms with Crippen molar-refractivity contribution >= 4 is 76.7 Å². The standard InChI is InChI=1S/C69H126N12O12S/c1-27-31-32-46(17)58(82)57-62(86)72-49(28-2)64(88)78(24)54(39-94-34-33-81(29-3)30-4)67(91)74(20)51(36-41(7)8)61(85)73-55(44(13)14)68(92)75(21)50(35-40(5)6)60(84)70-47(18)59(83)71-48(19)63(87)76(22)52(37-42(9)10)65(89)77(23)53(38-43(11)12)66(90)79(25)56(45(15)16)69(93)80(57)26/h27,31,40-58,82H,28-30,32-39H2,1-26H3,(H,70,84)(H,71,83)(H,72,86)(H,73,85)/b31-27+/t46-,47-,48+,49-,50-,51+,52-,53-,54-,55-,56-,57-,58-/m1/s1. The lowest BCUT2D eigenvalue weighted by molar-refractivity contribution is -0.157. The van der Waals surface area contributed by atoms with Gasteiger partial charge in [-0.25, -0.2) is 0 Å². The zero-order valence-corrected chi connectivity index (χ0v) is 63.1. The van der Waals surface area contributed by atoms with Crippen molar-refractivity contribution in [2.45, 2.75) is 243 Å². The minimum absolute atomic E-state index is 0.0108. The number of amides is 11. The summed E-state index contributed by atoms with van der Waals surface area (Å²) < 4.78 is 0. The highest BCUT2D eigenvalue weighted by Gasteiger charge is 2.46. The van der Waals surface area contributed by atoms with Crippen LogP contribution in [0.15, 0.2) is 12.2 Å². The van der Waals surface area contributed by atoms with Crippen molar-refractivity contribution in [3.63, 3.8) is 0 Å². The molecule has 25 heteroatoms. The van der Waals surface area contributed by atoms with Crippen LogP contribution in [0.4, 0.5) is 0 Å². The average Bonchev–Trinajstić information content (AvgIpc) is 0.858. The Morgan fingerprint density at radius 1 is 0.457 bits per heavy atom. The summed E-state index contributed by atoms with van der Waals surface area (Å²) >= 11 is 1.44. The number of nitrogens with zero attached hydrogens (tertiary/aromatic N) is 8. The first-order valence-electron chi connectivity index (χ1n) is 34.3. The van der Waals surface area contributed by atoms with Crippen LogP contribution in [0.2, 0.25) is 0 Å². The molecule has 1 aliphatic rings. The van der Waals surface area contributed by atoms with E-state index in [1.807, 2.05) is 82.2 Å². The fraction of sp³-hybridized carbons (Fsp3) is 0.812. The maximum Gasteiger partial charge on any atom is 0.246 e. The van der Waals surface area contributed by atoms with Gasteiger partial charge in [0.2, 0.25) is 65.0 Å². The number of hydrogen-bond acceptors (Lipinski definition) is 14. The average molecular weight is 1350 g/mol.